The highest BCUT2D eigenvalue weighted by Crippen LogP contribution is 2.32. The zero-order valence-electron chi connectivity index (χ0n) is 21.5. The van der Waals surface area contributed by atoms with E-state index in [1.807, 2.05) is 12.1 Å². The number of carboxylic acid groups (broad SMARTS) is 4. The molecule has 0 saturated carbocycles. The standard InChI is InChI=1S/C18H27N3O.2C4H4O4/c1-3-20(4-2)13-14-21-11-9-15(10-12-21)18-16-7-5-6-8-17(16)22-19-18;2*5-3(6)1-2-4(7)8/h5-8,15H,3-4,9-14H2,1-2H3;2*1-2H,(H,5,6)(H,7,8)/b;2*2-1+. The second-order valence-corrected chi connectivity index (χ2v) is 8.23. The fraction of sp³-hybridized carbons (Fsp3) is 0.423. The summed E-state index contributed by atoms with van der Waals surface area (Å²) in [6.45, 7) is 11.5. The highest BCUT2D eigenvalue weighted by molar-refractivity contribution is 5.90. The molecule has 0 amide bonds. The van der Waals surface area contributed by atoms with Gasteiger partial charge in [0.25, 0.3) is 0 Å². The van der Waals surface area contributed by atoms with E-state index in [9.17, 15) is 19.2 Å². The number of hydrogen-bond donors (Lipinski definition) is 4. The Labute approximate surface area is 220 Å². The van der Waals surface area contributed by atoms with E-state index >= 15 is 0 Å². The molecule has 208 valence electrons. The first-order valence-electron chi connectivity index (χ1n) is 12.1. The molecule has 0 radical (unpaired) electrons. The number of aliphatic carboxylic acids is 4. The molecule has 2 aromatic rings. The molecule has 0 bridgehead atoms. The number of carbonyl (C=O) groups is 4. The summed E-state index contributed by atoms with van der Waals surface area (Å²) in [7, 11) is 0. The molecule has 0 aliphatic carbocycles. The zero-order chi connectivity index (χ0) is 28.5. The smallest absolute Gasteiger partial charge is 0.328 e. The van der Waals surface area contributed by atoms with Crippen molar-refractivity contribution < 1.29 is 44.1 Å². The van der Waals surface area contributed by atoms with Crippen LogP contribution in [0.1, 0.15) is 38.3 Å². The molecule has 38 heavy (non-hydrogen) atoms. The second kappa shape index (κ2) is 17.4. The van der Waals surface area contributed by atoms with Gasteiger partial charge >= 0.3 is 23.9 Å². The molecule has 1 saturated heterocycles. The Hall–Kier alpha value is -4.03. The first kappa shape index (κ1) is 32.0. The van der Waals surface area contributed by atoms with Crippen LogP contribution in [0.4, 0.5) is 0 Å². The molecule has 1 aliphatic rings. The largest absolute Gasteiger partial charge is 0.478 e. The molecule has 3 rings (SSSR count). The van der Waals surface area contributed by atoms with E-state index in [1.54, 1.807) is 0 Å². The van der Waals surface area contributed by atoms with Gasteiger partial charge in [-0.15, -0.1) is 0 Å². The number of benzene rings is 1. The van der Waals surface area contributed by atoms with Gasteiger partial charge in [-0.1, -0.05) is 31.1 Å². The highest BCUT2D eigenvalue weighted by atomic mass is 16.5. The van der Waals surface area contributed by atoms with Gasteiger partial charge in [-0.3, -0.25) is 0 Å². The topological polar surface area (TPSA) is 182 Å². The highest BCUT2D eigenvalue weighted by Gasteiger charge is 2.24. The molecular formula is C26H35N3O9. The number of hydrogen-bond acceptors (Lipinski definition) is 8. The number of carboxylic acids is 4. The molecule has 2 heterocycles. The summed E-state index contributed by atoms with van der Waals surface area (Å²) in [6, 6.07) is 8.22. The minimum Gasteiger partial charge on any atom is -0.478 e. The molecule has 12 heteroatoms. The summed E-state index contributed by atoms with van der Waals surface area (Å²) in [5, 5.41) is 36.8. The van der Waals surface area contributed by atoms with E-state index in [2.05, 4.69) is 40.9 Å². The molecule has 0 unspecified atom stereocenters. The molecule has 4 N–H and O–H groups in total. The van der Waals surface area contributed by atoms with Crippen LogP contribution in [0.5, 0.6) is 0 Å². The summed E-state index contributed by atoms with van der Waals surface area (Å²) < 4.78 is 5.47. The third kappa shape index (κ3) is 12.8. The molecule has 0 atom stereocenters. The van der Waals surface area contributed by atoms with E-state index in [4.69, 9.17) is 24.9 Å². The van der Waals surface area contributed by atoms with Crippen molar-refractivity contribution in [3.05, 3.63) is 54.3 Å². The van der Waals surface area contributed by atoms with Gasteiger partial charge in [-0.2, -0.15) is 0 Å². The van der Waals surface area contributed by atoms with Gasteiger partial charge in [-0.25, -0.2) is 19.2 Å². The first-order valence-corrected chi connectivity index (χ1v) is 12.1. The third-order valence-electron chi connectivity index (χ3n) is 5.74. The van der Waals surface area contributed by atoms with Gasteiger partial charge < -0.3 is 34.7 Å². The van der Waals surface area contributed by atoms with E-state index in [0.29, 0.717) is 30.2 Å². The maximum atomic E-state index is 9.55. The Morgan fingerprint density at radius 2 is 1.37 bits per heavy atom. The van der Waals surface area contributed by atoms with Gasteiger partial charge in [0.05, 0.1) is 5.69 Å². The molecule has 12 nitrogen and oxygen atoms in total. The van der Waals surface area contributed by atoms with Crippen molar-refractivity contribution in [1.82, 2.24) is 15.0 Å². The SMILES string of the molecule is CCN(CC)CCN1CCC(c2noc3ccccc23)CC1.O=C(O)/C=C/C(=O)O.O=C(O)/C=C/C(=O)O. The number of para-hydroxylation sites is 1. The molecule has 1 aromatic heterocycles. The summed E-state index contributed by atoms with van der Waals surface area (Å²) in [5.41, 5.74) is 2.08. The Morgan fingerprint density at radius 1 is 0.895 bits per heavy atom. The quantitative estimate of drug-likeness (QED) is 0.328. The average Bonchev–Trinajstić information content (AvgIpc) is 3.32. The molecule has 1 fully saturated rings. The van der Waals surface area contributed by atoms with E-state index in [-0.39, 0.29) is 0 Å². The van der Waals surface area contributed by atoms with Crippen molar-refractivity contribution in [2.45, 2.75) is 32.6 Å². The van der Waals surface area contributed by atoms with Crippen LogP contribution in [0, 0.1) is 0 Å². The number of nitrogens with zero attached hydrogens (tertiary/aromatic N) is 3. The Morgan fingerprint density at radius 3 is 1.82 bits per heavy atom. The summed E-state index contributed by atoms with van der Waals surface area (Å²) in [4.78, 5) is 43.3. The lowest BCUT2D eigenvalue weighted by atomic mass is 9.91. The zero-order valence-corrected chi connectivity index (χ0v) is 21.5. The number of rotatable bonds is 10. The van der Waals surface area contributed by atoms with E-state index < -0.39 is 23.9 Å². The lowest BCUT2D eigenvalue weighted by Crippen LogP contribution is -2.39. The summed E-state index contributed by atoms with van der Waals surface area (Å²) >= 11 is 0. The number of fused-ring (bicyclic) bond motifs is 1. The fourth-order valence-electron chi connectivity index (χ4n) is 3.74. The lowest BCUT2D eigenvalue weighted by molar-refractivity contribution is -0.134. The Kier molecular flexibility index (Phi) is 14.7. The normalized spacial score (nSPS) is 14.2. The van der Waals surface area contributed by atoms with Crippen LogP contribution in [0.25, 0.3) is 11.0 Å². The van der Waals surface area contributed by atoms with Crippen molar-refractivity contribution in [3.63, 3.8) is 0 Å². The predicted octanol–water partition coefficient (Wildman–Crippen LogP) is 2.77. The summed E-state index contributed by atoms with van der Waals surface area (Å²) in [5.74, 6) is -4.48. The van der Waals surface area contributed by atoms with Gasteiger partial charge in [0.15, 0.2) is 5.58 Å². The molecule has 1 aliphatic heterocycles. The number of aromatic nitrogens is 1. The van der Waals surface area contributed by atoms with Crippen molar-refractivity contribution in [1.29, 1.82) is 0 Å². The van der Waals surface area contributed by atoms with Crippen molar-refractivity contribution in [2.24, 2.45) is 0 Å². The minimum absolute atomic E-state index is 0.549. The van der Waals surface area contributed by atoms with Gasteiger partial charge in [-0.05, 0) is 51.2 Å². The molecular weight excluding hydrogens is 498 g/mol. The molecule has 1 aromatic carbocycles. The maximum absolute atomic E-state index is 9.55. The second-order valence-electron chi connectivity index (χ2n) is 8.23. The van der Waals surface area contributed by atoms with Crippen LogP contribution in [0.3, 0.4) is 0 Å². The minimum atomic E-state index is -1.26. The Bertz CT molecular complexity index is 1030. The van der Waals surface area contributed by atoms with Gasteiger partial charge in [0.1, 0.15) is 0 Å². The average molecular weight is 534 g/mol. The lowest BCUT2D eigenvalue weighted by Gasteiger charge is -2.32. The molecule has 0 spiro atoms. The van der Waals surface area contributed by atoms with Crippen LogP contribution >= 0.6 is 0 Å². The fourth-order valence-corrected chi connectivity index (χ4v) is 3.74. The van der Waals surface area contributed by atoms with Crippen LogP contribution in [0.2, 0.25) is 0 Å². The van der Waals surface area contributed by atoms with Crippen LogP contribution in [-0.2, 0) is 19.2 Å². The van der Waals surface area contributed by atoms with Gasteiger partial charge in [0, 0.05) is 48.7 Å². The maximum Gasteiger partial charge on any atom is 0.328 e. The first-order chi connectivity index (χ1) is 18.1. The van der Waals surface area contributed by atoms with Crippen LogP contribution in [-0.4, -0.2) is 98.5 Å². The predicted molar refractivity (Wildman–Crippen MR) is 139 cm³/mol. The van der Waals surface area contributed by atoms with Crippen molar-refractivity contribution >= 4 is 34.8 Å². The Balaban J connectivity index is 0.000000374. The van der Waals surface area contributed by atoms with Crippen LogP contribution in [0.15, 0.2) is 53.1 Å². The number of likely N-dealkylation sites (N-methyl/N-ethyl adjacent to an activating group) is 1. The van der Waals surface area contributed by atoms with Gasteiger partial charge in [0.2, 0.25) is 0 Å². The number of likely N-dealkylation sites (tertiary alicyclic amines) is 1. The number of piperidine rings is 1. The van der Waals surface area contributed by atoms with Crippen molar-refractivity contribution in [3.8, 4) is 0 Å². The third-order valence-corrected chi connectivity index (χ3v) is 5.74. The van der Waals surface area contributed by atoms with Crippen LogP contribution < -0.4 is 0 Å². The summed E-state index contributed by atoms with van der Waals surface area (Å²) in [6.07, 6.45) is 4.61. The van der Waals surface area contributed by atoms with Crippen molar-refractivity contribution in [2.75, 3.05) is 39.3 Å². The van der Waals surface area contributed by atoms with E-state index in [0.717, 1.165) is 18.7 Å². The van der Waals surface area contributed by atoms with E-state index in [1.165, 1.54) is 50.1 Å². The monoisotopic (exact) mass is 533 g/mol.